The second-order valence-corrected chi connectivity index (χ2v) is 8.46. The van der Waals surface area contributed by atoms with Crippen molar-refractivity contribution < 1.29 is 4.52 Å². The summed E-state index contributed by atoms with van der Waals surface area (Å²) < 4.78 is 7.01. The van der Waals surface area contributed by atoms with Crippen molar-refractivity contribution >= 4 is 34.3 Å². The van der Waals surface area contributed by atoms with E-state index < -0.39 is 0 Å². The molecule has 0 saturated carbocycles. The van der Waals surface area contributed by atoms with Gasteiger partial charge in [-0.15, -0.1) is 0 Å². The summed E-state index contributed by atoms with van der Waals surface area (Å²) in [7, 11) is 0. The third-order valence-electron chi connectivity index (χ3n) is 4.87. The summed E-state index contributed by atoms with van der Waals surface area (Å²) in [6.07, 6.45) is 0.596. The molecule has 0 aliphatic carbocycles. The first-order valence-electron chi connectivity index (χ1n) is 9.93. The molecule has 0 saturated heterocycles. The average molecular weight is 461 g/mol. The van der Waals surface area contributed by atoms with Crippen LogP contribution in [0.1, 0.15) is 17.3 Å². The molecular weight excluding hydrogens is 444 g/mol. The second-order valence-electron chi connectivity index (χ2n) is 7.08. The lowest BCUT2D eigenvalue weighted by atomic mass is 10.1. The van der Waals surface area contributed by atoms with Gasteiger partial charge in [0, 0.05) is 11.4 Å². The fraction of sp³-hybridized carbons (Fsp3) is 0.0833. The van der Waals surface area contributed by atoms with Crippen LogP contribution in [0.5, 0.6) is 0 Å². The minimum atomic E-state index is -0.143. The molecule has 2 aromatic heterocycles. The lowest BCUT2D eigenvalue weighted by Gasteiger charge is -2.12. The van der Waals surface area contributed by atoms with Crippen LogP contribution in [-0.4, -0.2) is 19.7 Å². The van der Waals surface area contributed by atoms with Gasteiger partial charge < -0.3 is 4.52 Å². The van der Waals surface area contributed by atoms with E-state index in [0.717, 1.165) is 5.56 Å². The lowest BCUT2D eigenvalue weighted by Crippen LogP contribution is -2.21. The highest BCUT2D eigenvalue weighted by Crippen LogP contribution is 2.25. The molecule has 0 aliphatic rings. The highest BCUT2D eigenvalue weighted by molar-refractivity contribution is 7.98. The normalized spacial score (nSPS) is 11.2. The van der Waals surface area contributed by atoms with Crippen LogP contribution in [0.15, 0.2) is 93.3 Å². The maximum Gasteiger partial charge on any atom is 0.266 e. The Kier molecular flexibility index (Phi) is 5.75. The van der Waals surface area contributed by atoms with E-state index in [1.54, 1.807) is 34.9 Å². The summed E-state index contributed by atoms with van der Waals surface area (Å²) in [6.45, 7) is 0. The molecule has 0 amide bonds. The van der Waals surface area contributed by atoms with E-state index in [1.165, 1.54) is 11.8 Å². The molecule has 0 N–H and O–H groups in total. The Morgan fingerprint density at radius 2 is 1.66 bits per heavy atom. The number of nitrogens with zero attached hydrogens (tertiary/aromatic N) is 4. The number of fused-ring (bicyclic) bond motifs is 1. The summed E-state index contributed by atoms with van der Waals surface area (Å²) in [6, 6.07) is 24.4. The fourth-order valence-electron chi connectivity index (χ4n) is 3.35. The zero-order valence-electron chi connectivity index (χ0n) is 16.8. The smallest absolute Gasteiger partial charge is 0.266 e. The van der Waals surface area contributed by atoms with Crippen LogP contribution in [0.2, 0.25) is 5.02 Å². The topological polar surface area (TPSA) is 73.8 Å². The zero-order valence-corrected chi connectivity index (χ0v) is 18.4. The molecule has 158 valence electrons. The van der Waals surface area contributed by atoms with E-state index in [1.807, 2.05) is 48.5 Å². The molecule has 32 heavy (non-hydrogen) atoms. The molecule has 5 aromatic rings. The van der Waals surface area contributed by atoms with Crippen molar-refractivity contribution in [3.8, 4) is 5.69 Å². The van der Waals surface area contributed by atoms with Crippen LogP contribution >= 0.6 is 23.4 Å². The number of rotatable bonds is 6. The van der Waals surface area contributed by atoms with E-state index in [9.17, 15) is 4.79 Å². The summed E-state index contributed by atoms with van der Waals surface area (Å²) in [5.41, 5.74) is 2.30. The minimum absolute atomic E-state index is 0.143. The van der Waals surface area contributed by atoms with Gasteiger partial charge in [0.15, 0.2) is 11.0 Å². The predicted octanol–water partition coefficient (Wildman–Crippen LogP) is 5.31. The average Bonchev–Trinajstić information content (AvgIpc) is 3.26. The third-order valence-corrected chi connectivity index (χ3v) is 6.05. The van der Waals surface area contributed by atoms with Gasteiger partial charge >= 0.3 is 0 Å². The molecule has 0 spiro atoms. The van der Waals surface area contributed by atoms with E-state index in [-0.39, 0.29) is 5.56 Å². The first-order chi connectivity index (χ1) is 15.7. The molecule has 0 radical (unpaired) electrons. The summed E-state index contributed by atoms with van der Waals surface area (Å²) in [5.74, 6) is 1.49. The zero-order chi connectivity index (χ0) is 21.9. The van der Waals surface area contributed by atoms with Crippen LogP contribution in [0.3, 0.4) is 0 Å². The predicted molar refractivity (Wildman–Crippen MR) is 125 cm³/mol. The monoisotopic (exact) mass is 460 g/mol. The Labute approximate surface area is 192 Å². The molecule has 0 atom stereocenters. The fourth-order valence-corrected chi connectivity index (χ4v) is 4.33. The molecule has 5 rings (SSSR count). The Bertz CT molecular complexity index is 1430. The van der Waals surface area contributed by atoms with Gasteiger partial charge in [0.05, 0.1) is 22.3 Å². The Balaban J connectivity index is 1.45. The molecule has 0 unspecified atom stereocenters. The Morgan fingerprint density at radius 1 is 0.906 bits per heavy atom. The summed E-state index contributed by atoms with van der Waals surface area (Å²) >= 11 is 7.41. The van der Waals surface area contributed by atoms with Crippen LogP contribution < -0.4 is 5.56 Å². The highest BCUT2D eigenvalue weighted by Gasteiger charge is 2.15. The van der Waals surface area contributed by atoms with E-state index in [2.05, 4.69) is 10.1 Å². The van der Waals surface area contributed by atoms with Crippen molar-refractivity contribution in [2.45, 2.75) is 17.3 Å². The SMILES string of the molecule is O=c1c2ccccc2nc(SCc2nc(Cc3ccccc3)no2)n1-c1ccc(Cl)cc1. The van der Waals surface area contributed by atoms with Crippen LogP contribution in [0.25, 0.3) is 16.6 Å². The molecule has 0 bridgehead atoms. The number of para-hydroxylation sites is 1. The van der Waals surface area contributed by atoms with Gasteiger partial charge in [0.2, 0.25) is 5.89 Å². The van der Waals surface area contributed by atoms with Crippen molar-refractivity contribution in [2.75, 3.05) is 0 Å². The van der Waals surface area contributed by atoms with Crippen LogP contribution in [0, 0.1) is 0 Å². The van der Waals surface area contributed by atoms with Crippen LogP contribution in [-0.2, 0) is 12.2 Å². The molecular formula is C24H17ClN4O2S. The molecule has 2 heterocycles. The highest BCUT2D eigenvalue weighted by atomic mass is 35.5. The summed E-state index contributed by atoms with van der Waals surface area (Å²) in [4.78, 5) is 22.5. The number of hydrogen-bond acceptors (Lipinski definition) is 6. The van der Waals surface area contributed by atoms with Crippen LogP contribution in [0.4, 0.5) is 0 Å². The number of thioether (sulfide) groups is 1. The van der Waals surface area contributed by atoms with Crippen molar-refractivity contribution in [1.29, 1.82) is 0 Å². The van der Waals surface area contributed by atoms with E-state index in [4.69, 9.17) is 21.1 Å². The standard InChI is InChI=1S/C24H17ClN4O2S/c25-17-10-12-18(13-11-17)29-23(30)19-8-4-5-9-20(19)26-24(29)32-15-22-27-21(28-31-22)14-16-6-2-1-3-7-16/h1-13H,14-15H2. The van der Waals surface area contributed by atoms with Gasteiger partial charge in [0.25, 0.3) is 5.56 Å². The van der Waals surface area contributed by atoms with Gasteiger partial charge in [-0.05, 0) is 42.0 Å². The van der Waals surface area contributed by atoms with E-state index >= 15 is 0 Å². The first-order valence-corrected chi connectivity index (χ1v) is 11.3. The Morgan fingerprint density at radius 3 is 2.47 bits per heavy atom. The number of aromatic nitrogens is 4. The molecule has 0 fully saturated rings. The summed E-state index contributed by atoms with van der Waals surface area (Å²) in [5, 5.41) is 5.77. The maximum atomic E-state index is 13.3. The lowest BCUT2D eigenvalue weighted by molar-refractivity contribution is 0.385. The number of halogens is 1. The minimum Gasteiger partial charge on any atom is -0.338 e. The van der Waals surface area contributed by atoms with Crippen molar-refractivity contribution in [3.63, 3.8) is 0 Å². The van der Waals surface area contributed by atoms with Gasteiger partial charge in [0.1, 0.15) is 0 Å². The van der Waals surface area contributed by atoms with Crippen molar-refractivity contribution in [2.24, 2.45) is 0 Å². The Hall–Kier alpha value is -3.42. The van der Waals surface area contributed by atoms with Gasteiger partial charge in [-0.2, -0.15) is 4.98 Å². The largest absolute Gasteiger partial charge is 0.338 e. The number of benzene rings is 3. The van der Waals surface area contributed by atoms with Gasteiger partial charge in [-0.25, -0.2) is 4.98 Å². The molecule has 8 heteroatoms. The molecule has 6 nitrogen and oxygen atoms in total. The van der Waals surface area contributed by atoms with Gasteiger partial charge in [-0.1, -0.05) is 71.0 Å². The maximum absolute atomic E-state index is 13.3. The number of hydrogen-bond donors (Lipinski definition) is 0. The van der Waals surface area contributed by atoms with Gasteiger partial charge in [-0.3, -0.25) is 9.36 Å². The van der Waals surface area contributed by atoms with Crippen molar-refractivity contribution in [3.05, 3.63) is 112 Å². The third kappa shape index (κ3) is 4.30. The first kappa shape index (κ1) is 20.5. The van der Waals surface area contributed by atoms with E-state index in [0.29, 0.717) is 50.7 Å². The molecule has 0 aliphatic heterocycles. The second kappa shape index (κ2) is 8.98. The quantitative estimate of drug-likeness (QED) is 0.252. The van der Waals surface area contributed by atoms with Crippen molar-refractivity contribution in [1.82, 2.24) is 19.7 Å². The molecule has 3 aromatic carbocycles.